The maximum atomic E-state index is 12.2. The van der Waals surface area contributed by atoms with Gasteiger partial charge in [0.2, 0.25) is 5.91 Å². The Labute approximate surface area is 139 Å². The molecule has 1 aromatic heterocycles. The van der Waals surface area contributed by atoms with Gasteiger partial charge in [-0.2, -0.15) is 5.10 Å². The van der Waals surface area contributed by atoms with Crippen LogP contribution in [0.15, 0.2) is 29.4 Å². The molecule has 3 amide bonds. The van der Waals surface area contributed by atoms with Gasteiger partial charge in [-0.05, 0) is 6.07 Å². The molecule has 0 spiro atoms. The van der Waals surface area contributed by atoms with Gasteiger partial charge in [0.25, 0.3) is 11.8 Å². The first-order valence-corrected chi connectivity index (χ1v) is 7.89. The molecule has 0 saturated carbocycles. The number of amides is 3. The zero-order chi connectivity index (χ0) is 16.4. The second kappa shape index (κ2) is 6.35. The smallest absolute Gasteiger partial charge is 0.273 e. The minimum Gasteiger partial charge on any atom is -0.273 e. The molecular formula is C14H11ClN4O3S. The number of halogens is 1. The quantitative estimate of drug-likeness (QED) is 0.717. The van der Waals surface area contributed by atoms with Crippen molar-refractivity contribution in [1.82, 2.24) is 16.3 Å². The molecule has 0 bridgehead atoms. The van der Waals surface area contributed by atoms with Gasteiger partial charge in [0, 0.05) is 22.9 Å². The number of hydrogen-bond donors (Lipinski definition) is 3. The Morgan fingerprint density at radius 3 is 2.61 bits per heavy atom. The fraction of sp³-hybridized carbons (Fsp3) is 0.143. The molecule has 7 nitrogen and oxygen atoms in total. The number of carbonyl (C=O) groups is 3. The van der Waals surface area contributed by atoms with Gasteiger partial charge in [-0.1, -0.05) is 29.8 Å². The normalized spacial score (nSPS) is 14.1. The molecule has 0 saturated heterocycles. The Morgan fingerprint density at radius 2 is 1.91 bits per heavy atom. The standard InChI is InChI=1S/C14H11ClN4O3S/c15-11-7-3-1-2-4-9(7)23-12(11)14(22)19-18-13(21)8-5-6-10(20)17-16-8/h1-4H,5-6H2,(H,17,20)(H,18,21)(H,19,22). The number of hydrazone groups is 1. The van der Waals surface area contributed by atoms with Crippen LogP contribution in [0.3, 0.4) is 0 Å². The number of hydrogen-bond acceptors (Lipinski definition) is 5. The van der Waals surface area contributed by atoms with Crippen molar-refractivity contribution in [2.75, 3.05) is 0 Å². The number of hydrazine groups is 1. The molecule has 9 heteroatoms. The highest BCUT2D eigenvalue weighted by Gasteiger charge is 2.21. The molecule has 1 aliphatic heterocycles. The van der Waals surface area contributed by atoms with Crippen LogP contribution in [0.2, 0.25) is 5.02 Å². The number of nitrogens with zero attached hydrogens (tertiary/aromatic N) is 1. The summed E-state index contributed by atoms with van der Waals surface area (Å²) >= 11 is 7.43. The van der Waals surface area contributed by atoms with Crippen LogP contribution in [0.5, 0.6) is 0 Å². The lowest BCUT2D eigenvalue weighted by Crippen LogP contribution is -2.46. The van der Waals surface area contributed by atoms with Gasteiger partial charge in [-0.3, -0.25) is 25.2 Å². The van der Waals surface area contributed by atoms with E-state index in [9.17, 15) is 14.4 Å². The number of nitrogens with one attached hydrogen (secondary N) is 3. The van der Waals surface area contributed by atoms with Gasteiger partial charge in [0.05, 0.1) is 5.02 Å². The van der Waals surface area contributed by atoms with Crippen LogP contribution in [0.25, 0.3) is 10.1 Å². The van der Waals surface area contributed by atoms with Crippen LogP contribution >= 0.6 is 22.9 Å². The second-order valence-electron chi connectivity index (χ2n) is 4.74. The molecule has 3 N–H and O–H groups in total. The summed E-state index contributed by atoms with van der Waals surface area (Å²) in [5, 5.41) is 4.78. The summed E-state index contributed by atoms with van der Waals surface area (Å²) in [5.74, 6) is -1.33. The van der Waals surface area contributed by atoms with Gasteiger partial charge in [0.15, 0.2) is 0 Å². The minimum absolute atomic E-state index is 0.146. The van der Waals surface area contributed by atoms with Crippen molar-refractivity contribution in [3.8, 4) is 0 Å². The predicted octanol–water partition coefficient (Wildman–Crippen LogP) is 1.58. The molecule has 0 aliphatic carbocycles. The third-order valence-electron chi connectivity index (χ3n) is 3.20. The topological polar surface area (TPSA) is 99.7 Å². The third-order valence-corrected chi connectivity index (χ3v) is 4.87. The first-order chi connectivity index (χ1) is 11.1. The first kappa shape index (κ1) is 15.4. The lowest BCUT2D eigenvalue weighted by molar-refractivity contribution is -0.121. The summed E-state index contributed by atoms with van der Waals surface area (Å²) in [6.45, 7) is 0. The average Bonchev–Trinajstić information content (AvgIpc) is 2.90. The summed E-state index contributed by atoms with van der Waals surface area (Å²) in [5.41, 5.74) is 6.93. The first-order valence-electron chi connectivity index (χ1n) is 6.69. The van der Waals surface area contributed by atoms with Crippen LogP contribution in [-0.4, -0.2) is 23.4 Å². The summed E-state index contributed by atoms with van der Waals surface area (Å²) in [7, 11) is 0. The summed E-state index contributed by atoms with van der Waals surface area (Å²) in [6, 6.07) is 7.37. The van der Waals surface area contributed by atoms with Gasteiger partial charge in [-0.25, -0.2) is 5.43 Å². The molecule has 23 heavy (non-hydrogen) atoms. The van der Waals surface area contributed by atoms with E-state index in [0.29, 0.717) is 9.90 Å². The maximum Gasteiger partial charge on any atom is 0.285 e. The Hall–Kier alpha value is -2.45. The maximum absolute atomic E-state index is 12.2. The van der Waals surface area contributed by atoms with Crippen LogP contribution in [-0.2, 0) is 9.59 Å². The van der Waals surface area contributed by atoms with E-state index in [0.717, 1.165) is 10.1 Å². The molecule has 1 aliphatic rings. The van der Waals surface area contributed by atoms with Crippen molar-refractivity contribution < 1.29 is 14.4 Å². The second-order valence-corrected chi connectivity index (χ2v) is 6.17. The SMILES string of the molecule is O=C1CCC(C(=O)NNC(=O)c2sc3ccccc3c2Cl)=NN1. The summed E-state index contributed by atoms with van der Waals surface area (Å²) in [4.78, 5) is 35.3. The Balaban J connectivity index is 1.68. The highest BCUT2D eigenvalue weighted by atomic mass is 35.5. The van der Waals surface area contributed by atoms with Crippen LogP contribution in [0.4, 0.5) is 0 Å². The molecule has 0 fully saturated rings. The van der Waals surface area contributed by atoms with E-state index in [-0.39, 0.29) is 24.5 Å². The van der Waals surface area contributed by atoms with Crippen molar-refractivity contribution in [2.24, 2.45) is 5.10 Å². The Kier molecular flexibility index (Phi) is 4.26. The molecule has 2 aromatic rings. The number of carbonyl (C=O) groups excluding carboxylic acids is 3. The number of benzene rings is 1. The van der Waals surface area contributed by atoms with Crippen molar-refractivity contribution in [3.63, 3.8) is 0 Å². The molecule has 2 heterocycles. The van der Waals surface area contributed by atoms with Gasteiger partial charge in [-0.15, -0.1) is 11.3 Å². The summed E-state index contributed by atoms with van der Waals surface area (Å²) in [6.07, 6.45) is 0.402. The van der Waals surface area contributed by atoms with Crippen LogP contribution in [0.1, 0.15) is 22.5 Å². The van der Waals surface area contributed by atoms with Gasteiger partial charge < -0.3 is 0 Å². The van der Waals surface area contributed by atoms with Crippen molar-refractivity contribution >= 4 is 56.5 Å². The highest BCUT2D eigenvalue weighted by Crippen LogP contribution is 2.34. The number of thiophene rings is 1. The molecule has 0 unspecified atom stereocenters. The Morgan fingerprint density at radius 1 is 1.17 bits per heavy atom. The number of rotatable bonds is 2. The monoisotopic (exact) mass is 350 g/mol. The molecule has 118 valence electrons. The highest BCUT2D eigenvalue weighted by molar-refractivity contribution is 7.21. The minimum atomic E-state index is -0.574. The molecule has 0 atom stereocenters. The Bertz CT molecular complexity index is 846. The van der Waals surface area contributed by atoms with E-state index in [1.165, 1.54) is 11.3 Å². The predicted molar refractivity (Wildman–Crippen MR) is 87.3 cm³/mol. The van der Waals surface area contributed by atoms with Crippen LogP contribution < -0.4 is 16.3 Å². The van der Waals surface area contributed by atoms with Gasteiger partial charge >= 0.3 is 0 Å². The fourth-order valence-electron chi connectivity index (χ4n) is 2.04. The lowest BCUT2D eigenvalue weighted by atomic mass is 10.2. The van der Waals surface area contributed by atoms with E-state index in [4.69, 9.17) is 11.6 Å². The molecular weight excluding hydrogens is 340 g/mol. The summed E-state index contributed by atoms with van der Waals surface area (Å²) < 4.78 is 0.883. The largest absolute Gasteiger partial charge is 0.285 e. The zero-order valence-corrected chi connectivity index (χ0v) is 13.3. The van der Waals surface area contributed by atoms with Crippen molar-refractivity contribution in [2.45, 2.75) is 12.8 Å². The molecule has 1 aromatic carbocycles. The molecule has 0 radical (unpaired) electrons. The van der Waals surface area contributed by atoms with Gasteiger partial charge in [0.1, 0.15) is 10.6 Å². The van der Waals surface area contributed by atoms with E-state index in [2.05, 4.69) is 21.4 Å². The van der Waals surface area contributed by atoms with E-state index < -0.39 is 11.8 Å². The fourth-order valence-corrected chi connectivity index (χ4v) is 3.45. The van der Waals surface area contributed by atoms with E-state index in [1.54, 1.807) is 0 Å². The average molecular weight is 351 g/mol. The van der Waals surface area contributed by atoms with E-state index >= 15 is 0 Å². The zero-order valence-electron chi connectivity index (χ0n) is 11.7. The van der Waals surface area contributed by atoms with Crippen molar-refractivity contribution in [3.05, 3.63) is 34.2 Å². The van der Waals surface area contributed by atoms with E-state index in [1.807, 2.05) is 24.3 Å². The van der Waals surface area contributed by atoms with Crippen LogP contribution in [0, 0.1) is 0 Å². The van der Waals surface area contributed by atoms with Crippen molar-refractivity contribution in [1.29, 1.82) is 0 Å². The third kappa shape index (κ3) is 3.17. The lowest BCUT2D eigenvalue weighted by Gasteiger charge is -2.12. The number of fused-ring (bicyclic) bond motifs is 1. The molecule has 3 rings (SSSR count).